The Bertz CT molecular complexity index is 1130. The molecule has 0 saturated carbocycles. The Kier molecular flexibility index (Phi) is 6.23. The lowest BCUT2D eigenvalue weighted by molar-refractivity contribution is -0.117. The molecule has 158 valence electrons. The van der Waals surface area contributed by atoms with Crippen LogP contribution in [0, 0.1) is 6.92 Å². The number of hydrogen-bond donors (Lipinski definition) is 1. The molecule has 1 heterocycles. The number of hydrogen-bond acceptors (Lipinski definition) is 3. The molecule has 0 spiro atoms. The molecule has 0 bridgehead atoms. The maximum atomic E-state index is 12.7. The van der Waals surface area contributed by atoms with Crippen molar-refractivity contribution in [2.75, 3.05) is 16.8 Å². The van der Waals surface area contributed by atoms with Gasteiger partial charge in [-0.25, -0.2) is 0 Å². The van der Waals surface area contributed by atoms with Gasteiger partial charge in [0.1, 0.15) is 12.4 Å². The van der Waals surface area contributed by atoms with Gasteiger partial charge < -0.3 is 15.0 Å². The molecule has 31 heavy (non-hydrogen) atoms. The molecule has 1 N–H and O–H groups in total. The first kappa shape index (κ1) is 20.9. The lowest BCUT2D eigenvalue weighted by Gasteiger charge is -2.19. The molecule has 0 unspecified atom stereocenters. The number of nitrogens with one attached hydrogen (secondary N) is 1. The number of benzene rings is 3. The van der Waals surface area contributed by atoms with Gasteiger partial charge in [-0.3, -0.25) is 9.59 Å². The van der Waals surface area contributed by atoms with Crippen LogP contribution in [0.3, 0.4) is 0 Å². The second-order valence-electron chi connectivity index (χ2n) is 7.51. The predicted molar refractivity (Wildman–Crippen MR) is 123 cm³/mol. The lowest BCUT2D eigenvalue weighted by atomic mass is 10.1. The van der Waals surface area contributed by atoms with Crippen LogP contribution in [-0.4, -0.2) is 18.4 Å². The number of carbonyl (C=O) groups is 2. The Hall–Kier alpha value is -3.31. The molecule has 0 aromatic heterocycles. The fourth-order valence-electron chi connectivity index (χ4n) is 3.65. The van der Waals surface area contributed by atoms with Gasteiger partial charge in [0, 0.05) is 40.5 Å². The summed E-state index contributed by atoms with van der Waals surface area (Å²) in [6.07, 6.45) is 1.47. The fraction of sp³-hybridized carbons (Fsp3) is 0.200. The molecule has 5 nitrogen and oxygen atoms in total. The maximum absolute atomic E-state index is 12.7. The third kappa shape index (κ3) is 4.89. The summed E-state index contributed by atoms with van der Waals surface area (Å²) in [6, 6.07) is 20.1. The lowest BCUT2D eigenvalue weighted by Crippen LogP contribution is -2.24. The Morgan fingerprint density at radius 3 is 2.68 bits per heavy atom. The maximum Gasteiger partial charge on any atom is 0.255 e. The first-order valence-corrected chi connectivity index (χ1v) is 10.6. The van der Waals surface area contributed by atoms with E-state index in [1.54, 1.807) is 29.2 Å². The number of nitrogens with zero attached hydrogens (tertiary/aromatic N) is 1. The topological polar surface area (TPSA) is 58.6 Å². The van der Waals surface area contributed by atoms with E-state index in [1.807, 2.05) is 49.4 Å². The Labute approximate surface area is 186 Å². The highest BCUT2D eigenvalue weighted by atomic mass is 35.5. The van der Waals surface area contributed by atoms with Crippen molar-refractivity contribution in [3.8, 4) is 5.75 Å². The van der Waals surface area contributed by atoms with E-state index in [9.17, 15) is 9.59 Å². The average Bonchev–Trinajstić information content (AvgIpc) is 3.19. The van der Waals surface area contributed by atoms with Crippen LogP contribution < -0.4 is 15.0 Å². The van der Waals surface area contributed by atoms with Crippen LogP contribution in [-0.2, 0) is 11.4 Å². The predicted octanol–water partition coefficient (Wildman–Crippen LogP) is 5.61. The van der Waals surface area contributed by atoms with Gasteiger partial charge in [-0.15, -0.1) is 0 Å². The number of anilines is 2. The molecule has 3 aromatic rings. The van der Waals surface area contributed by atoms with E-state index in [-0.39, 0.29) is 11.8 Å². The Morgan fingerprint density at radius 2 is 1.94 bits per heavy atom. The normalized spacial score (nSPS) is 13.4. The van der Waals surface area contributed by atoms with Crippen molar-refractivity contribution in [3.63, 3.8) is 0 Å². The van der Waals surface area contributed by atoms with Gasteiger partial charge >= 0.3 is 0 Å². The van der Waals surface area contributed by atoms with E-state index in [2.05, 4.69) is 5.32 Å². The zero-order valence-corrected chi connectivity index (χ0v) is 18.0. The number of halogens is 1. The Balaban J connectivity index is 1.43. The van der Waals surface area contributed by atoms with Crippen LogP contribution in [0.2, 0.25) is 5.02 Å². The summed E-state index contributed by atoms with van der Waals surface area (Å²) in [5.41, 5.74) is 3.90. The fourth-order valence-corrected chi connectivity index (χ4v) is 3.84. The van der Waals surface area contributed by atoms with Crippen molar-refractivity contribution >= 4 is 34.8 Å². The van der Waals surface area contributed by atoms with E-state index < -0.39 is 0 Å². The zero-order chi connectivity index (χ0) is 21.8. The second-order valence-corrected chi connectivity index (χ2v) is 7.92. The minimum Gasteiger partial charge on any atom is -0.489 e. The van der Waals surface area contributed by atoms with Gasteiger partial charge in [0.2, 0.25) is 5.91 Å². The second kappa shape index (κ2) is 9.23. The molecular formula is C25H23ClN2O3. The summed E-state index contributed by atoms with van der Waals surface area (Å²) in [5.74, 6) is 0.507. The third-order valence-corrected chi connectivity index (χ3v) is 5.64. The van der Waals surface area contributed by atoms with Crippen LogP contribution in [0.4, 0.5) is 11.4 Å². The minimum absolute atomic E-state index is 0.147. The van der Waals surface area contributed by atoms with Crippen molar-refractivity contribution in [2.45, 2.75) is 26.4 Å². The van der Waals surface area contributed by atoms with E-state index in [0.29, 0.717) is 35.1 Å². The molecule has 0 atom stereocenters. The molecule has 6 heteroatoms. The molecule has 1 aliphatic rings. The van der Waals surface area contributed by atoms with Crippen molar-refractivity contribution in [1.82, 2.24) is 0 Å². The molecule has 3 aromatic carbocycles. The molecule has 2 amide bonds. The van der Waals surface area contributed by atoms with Gasteiger partial charge in [-0.2, -0.15) is 0 Å². The summed E-state index contributed by atoms with van der Waals surface area (Å²) in [4.78, 5) is 26.6. The summed E-state index contributed by atoms with van der Waals surface area (Å²) in [7, 11) is 0. The number of aryl methyl sites for hydroxylation is 1. The summed E-state index contributed by atoms with van der Waals surface area (Å²) < 4.78 is 5.81. The summed E-state index contributed by atoms with van der Waals surface area (Å²) in [6.45, 7) is 3.01. The molecule has 4 rings (SSSR count). The van der Waals surface area contributed by atoms with Crippen molar-refractivity contribution < 1.29 is 14.3 Å². The van der Waals surface area contributed by atoms with Gasteiger partial charge in [0.15, 0.2) is 0 Å². The smallest absolute Gasteiger partial charge is 0.255 e. The molecule has 1 aliphatic heterocycles. The van der Waals surface area contributed by atoms with Gasteiger partial charge in [-0.05, 0) is 61.4 Å². The monoisotopic (exact) mass is 434 g/mol. The molecule has 1 saturated heterocycles. The summed E-state index contributed by atoms with van der Waals surface area (Å²) >= 11 is 6.17. The standard InChI is InChI=1S/C25H23ClN2O3/c1-17-14-20(11-12-23(17)28-13-5-10-24(28)29)27-25(30)18-7-4-8-21(15-18)31-16-19-6-2-3-9-22(19)26/h2-4,6-9,11-12,14-15H,5,10,13,16H2,1H3,(H,27,30). The molecule has 0 radical (unpaired) electrons. The first-order chi connectivity index (χ1) is 15.0. The van der Waals surface area contributed by atoms with Crippen molar-refractivity contribution in [1.29, 1.82) is 0 Å². The third-order valence-electron chi connectivity index (χ3n) is 5.27. The van der Waals surface area contributed by atoms with Crippen LogP contribution in [0.1, 0.15) is 34.3 Å². The highest BCUT2D eigenvalue weighted by Gasteiger charge is 2.23. The van der Waals surface area contributed by atoms with E-state index in [4.69, 9.17) is 16.3 Å². The first-order valence-electron chi connectivity index (χ1n) is 10.2. The van der Waals surface area contributed by atoms with Crippen molar-refractivity contribution in [3.05, 3.63) is 88.4 Å². The largest absolute Gasteiger partial charge is 0.489 e. The number of rotatable bonds is 6. The number of ether oxygens (including phenoxy) is 1. The highest BCUT2D eigenvalue weighted by Crippen LogP contribution is 2.28. The quantitative estimate of drug-likeness (QED) is 0.548. The van der Waals surface area contributed by atoms with Crippen LogP contribution in [0.25, 0.3) is 0 Å². The number of carbonyl (C=O) groups excluding carboxylic acids is 2. The van der Waals surface area contributed by atoms with E-state index >= 15 is 0 Å². The SMILES string of the molecule is Cc1cc(NC(=O)c2cccc(OCc3ccccc3Cl)c2)ccc1N1CCCC1=O. The zero-order valence-electron chi connectivity index (χ0n) is 17.2. The molecular weight excluding hydrogens is 412 g/mol. The van der Waals surface area contributed by atoms with Crippen LogP contribution in [0.15, 0.2) is 66.7 Å². The van der Waals surface area contributed by atoms with E-state index in [0.717, 1.165) is 29.8 Å². The highest BCUT2D eigenvalue weighted by molar-refractivity contribution is 6.31. The number of amides is 2. The van der Waals surface area contributed by atoms with Gasteiger partial charge in [0.05, 0.1) is 0 Å². The van der Waals surface area contributed by atoms with Crippen molar-refractivity contribution in [2.24, 2.45) is 0 Å². The van der Waals surface area contributed by atoms with Crippen LogP contribution in [0.5, 0.6) is 5.75 Å². The van der Waals surface area contributed by atoms with Crippen LogP contribution >= 0.6 is 11.6 Å². The average molecular weight is 435 g/mol. The molecule has 1 fully saturated rings. The summed E-state index contributed by atoms with van der Waals surface area (Å²) in [5, 5.41) is 3.56. The molecule has 0 aliphatic carbocycles. The van der Waals surface area contributed by atoms with Gasteiger partial charge in [-0.1, -0.05) is 35.9 Å². The van der Waals surface area contributed by atoms with E-state index in [1.165, 1.54) is 0 Å². The Morgan fingerprint density at radius 1 is 1.10 bits per heavy atom. The van der Waals surface area contributed by atoms with Gasteiger partial charge in [0.25, 0.3) is 5.91 Å². The minimum atomic E-state index is -0.229.